The summed E-state index contributed by atoms with van der Waals surface area (Å²) in [6.07, 6.45) is 2.64. The summed E-state index contributed by atoms with van der Waals surface area (Å²) < 4.78 is 1.66. The lowest BCUT2D eigenvalue weighted by Crippen LogP contribution is -2.26. The molecule has 0 aliphatic heterocycles. The molecule has 16 heavy (non-hydrogen) atoms. The summed E-state index contributed by atoms with van der Waals surface area (Å²) in [4.78, 5) is 11.7. The van der Waals surface area contributed by atoms with Crippen LogP contribution in [-0.2, 0) is 6.54 Å². The molecule has 1 amide bonds. The quantitative estimate of drug-likeness (QED) is 0.790. The maximum atomic E-state index is 11.7. The van der Waals surface area contributed by atoms with Gasteiger partial charge in [-0.15, -0.1) is 0 Å². The van der Waals surface area contributed by atoms with Crippen LogP contribution in [0.3, 0.4) is 0 Å². The molecule has 0 saturated carbocycles. The van der Waals surface area contributed by atoms with E-state index >= 15 is 0 Å². The SMILES string of the molecule is CCn1cc(N)c(C(=O)NCCC(C)C)n1. The van der Waals surface area contributed by atoms with E-state index in [1.54, 1.807) is 10.9 Å². The third-order valence-electron chi connectivity index (χ3n) is 2.34. The average Bonchev–Trinajstić information content (AvgIpc) is 2.59. The van der Waals surface area contributed by atoms with E-state index in [-0.39, 0.29) is 5.91 Å². The maximum absolute atomic E-state index is 11.7. The minimum atomic E-state index is -0.189. The van der Waals surface area contributed by atoms with Gasteiger partial charge in [0.05, 0.1) is 5.69 Å². The number of nitrogens with two attached hydrogens (primary N) is 1. The Morgan fingerprint density at radius 2 is 2.31 bits per heavy atom. The van der Waals surface area contributed by atoms with Gasteiger partial charge in [0, 0.05) is 19.3 Å². The number of carbonyl (C=O) groups excluding carboxylic acids is 1. The summed E-state index contributed by atoms with van der Waals surface area (Å²) in [7, 11) is 0. The van der Waals surface area contributed by atoms with Crippen molar-refractivity contribution in [3.05, 3.63) is 11.9 Å². The first kappa shape index (κ1) is 12.5. The van der Waals surface area contributed by atoms with Gasteiger partial charge in [0.1, 0.15) is 0 Å². The number of nitrogens with zero attached hydrogens (tertiary/aromatic N) is 2. The van der Waals surface area contributed by atoms with Gasteiger partial charge in [-0.3, -0.25) is 9.48 Å². The van der Waals surface area contributed by atoms with E-state index in [4.69, 9.17) is 5.73 Å². The molecule has 0 atom stereocenters. The lowest BCUT2D eigenvalue weighted by molar-refractivity contribution is 0.0947. The van der Waals surface area contributed by atoms with Crippen LogP contribution in [0, 0.1) is 5.92 Å². The zero-order chi connectivity index (χ0) is 12.1. The van der Waals surface area contributed by atoms with Crippen molar-refractivity contribution in [2.75, 3.05) is 12.3 Å². The van der Waals surface area contributed by atoms with Crippen LogP contribution in [0.2, 0.25) is 0 Å². The minimum absolute atomic E-state index is 0.189. The van der Waals surface area contributed by atoms with E-state index in [2.05, 4.69) is 24.3 Å². The predicted octanol–water partition coefficient (Wildman–Crippen LogP) is 1.26. The highest BCUT2D eigenvalue weighted by molar-refractivity contribution is 5.96. The van der Waals surface area contributed by atoms with E-state index < -0.39 is 0 Å². The molecule has 0 radical (unpaired) electrons. The molecule has 1 aromatic rings. The molecule has 90 valence electrons. The summed E-state index contributed by atoms with van der Waals surface area (Å²) in [6.45, 7) is 7.56. The van der Waals surface area contributed by atoms with Gasteiger partial charge >= 0.3 is 0 Å². The van der Waals surface area contributed by atoms with Gasteiger partial charge < -0.3 is 11.1 Å². The van der Waals surface area contributed by atoms with Crippen molar-refractivity contribution in [1.82, 2.24) is 15.1 Å². The van der Waals surface area contributed by atoms with Gasteiger partial charge in [-0.25, -0.2) is 0 Å². The fourth-order valence-corrected chi connectivity index (χ4v) is 1.33. The van der Waals surface area contributed by atoms with Crippen molar-refractivity contribution in [2.24, 2.45) is 5.92 Å². The molecular weight excluding hydrogens is 204 g/mol. The number of anilines is 1. The molecular formula is C11H20N4O. The molecule has 0 saturated heterocycles. The zero-order valence-electron chi connectivity index (χ0n) is 10.2. The highest BCUT2D eigenvalue weighted by Gasteiger charge is 2.13. The Kier molecular flexibility index (Phi) is 4.34. The molecule has 1 aromatic heterocycles. The number of aryl methyl sites for hydroxylation is 1. The highest BCUT2D eigenvalue weighted by atomic mass is 16.1. The summed E-state index contributed by atoms with van der Waals surface area (Å²) in [6, 6.07) is 0. The molecule has 0 aliphatic rings. The topological polar surface area (TPSA) is 72.9 Å². The molecule has 1 rings (SSSR count). The standard InChI is InChI=1S/C11H20N4O/c1-4-15-7-9(12)10(14-15)11(16)13-6-5-8(2)3/h7-8H,4-6,12H2,1-3H3,(H,13,16). The third-order valence-corrected chi connectivity index (χ3v) is 2.34. The van der Waals surface area contributed by atoms with Crippen LogP contribution in [0.4, 0.5) is 5.69 Å². The number of rotatable bonds is 5. The van der Waals surface area contributed by atoms with Crippen LogP contribution in [0.5, 0.6) is 0 Å². The summed E-state index contributed by atoms with van der Waals surface area (Å²) in [5.41, 5.74) is 6.46. The minimum Gasteiger partial charge on any atom is -0.396 e. The number of carbonyl (C=O) groups is 1. The van der Waals surface area contributed by atoms with E-state index in [0.29, 0.717) is 30.4 Å². The van der Waals surface area contributed by atoms with E-state index in [9.17, 15) is 4.79 Å². The molecule has 0 unspecified atom stereocenters. The molecule has 0 fully saturated rings. The Balaban J connectivity index is 2.55. The number of hydrogen-bond donors (Lipinski definition) is 2. The van der Waals surface area contributed by atoms with Crippen LogP contribution in [0.25, 0.3) is 0 Å². The first-order valence-electron chi connectivity index (χ1n) is 5.65. The second kappa shape index (κ2) is 5.53. The van der Waals surface area contributed by atoms with Gasteiger partial charge in [0.25, 0.3) is 5.91 Å². The Morgan fingerprint density at radius 1 is 1.62 bits per heavy atom. The second-order valence-electron chi connectivity index (χ2n) is 4.23. The maximum Gasteiger partial charge on any atom is 0.273 e. The van der Waals surface area contributed by atoms with Crippen LogP contribution < -0.4 is 11.1 Å². The first-order valence-corrected chi connectivity index (χ1v) is 5.65. The number of amides is 1. The second-order valence-corrected chi connectivity index (χ2v) is 4.23. The van der Waals surface area contributed by atoms with Gasteiger partial charge in [-0.2, -0.15) is 5.10 Å². The van der Waals surface area contributed by atoms with Crippen molar-refractivity contribution >= 4 is 11.6 Å². The Bertz CT molecular complexity index is 357. The summed E-state index contributed by atoms with van der Waals surface area (Å²) in [5.74, 6) is 0.385. The lowest BCUT2D eigenvalue weighted by Gasteiger charge is -2.05. The summed E-state index contributed by atoms with van der Waals surface area (Å²) >= 11 is 0. The van der Waals surface area contributed by atoms with Crippen molar-refractivity contribution in [3.63, 3.8) is 0 Å². The van der Waals surface area contributed by atoms with E-state index in [0.717, 1.165) is 6.42 Å². The lowest BCUT2D eigenvalue weighted by atomic mass is 10.1. The normalized spacial score (nSPS) is 10.8. The van der Waals surface area contributed by atoms with Gasteiger partial charge in [0.2, 0.25) is 0 Å². The number of aromatic nitrogens is 2. The smallest absolute Gasteiger partial charge is 0.273 e. The monoisotopic (exact) mass is 224 g/mol. The molecule has 5 heteroatoms. The van der Waals surface area contributed by atoms with Crippen LogP contribution >= 0.6 is 0 Å². The third kappa shape index (κ3) is 3.25. The van der Waals surface area contributed by atoms with Crippen LogP contribution in [-0.4, -0.2) is 22.2 Å². The molecule has 0 bridgehead atoms. The largest absolute Gasteiger partial charge is 0.396 e. The van der Waals surface area contributed by atoms with Crippen molar-refractivity contribution in [1.29, 1.82) is 0 Å². The molecule has 0 aromatic carbocycles. The van der Waals surface area contributed by atoms with Gasteiger partial charge in [-0.05, 0) is 19.3 Å². The average molecular weight is 224 g/mol. The van der Waals surface area contributed by atoms with Crippen LogP contribution in [0.15, 0.2) is 6.20 Å². The fraction of sp³-hybridized carbons (Fsp3) is 0.636. The molecule has 0 aliphatic carbocycles. The van der Waals surface area contributed by atoms with Crippen LogP contribution in [0.1, 0.15) is 37.7 Å². The van der Waals surface area contributed by atoms with E-state index in [1.165, 1.54) is 0 Å². The molecule has 1 heterocycles. The van der Waals surface area contributed by atoms with Gasteiger partial charge in [-0.1, -0.05) is 13.8 Å². The zero-order valence-corrected chi connectivity index (χ0v) is 10.2. The predicted molar refractivity (Wildman–Crippen MR) is 64.1 cm³/mol. The number of nitrogen functional groups attached to an aromatic ring is 1. The fourth-order valence-electron chi connectivity index (χ4n) is 1.33. The van der Waals surface area contributed by atoms with Crippen molar-refractivity contribution in [3.8, 4) is 0 Å². The first-order chi connectivity index (χ1) is 7.54. The highest BCUT2D eigenvalue weighted by Crippen LogP contribution is 2.08. The van der Waals surface area contributed by atoms with Crippen molar-refractivity contribution in [2.45, 2.75) is 33.7 Å². The van der Waals surface area contributed by atoms with Crippen molar-refractivity contribution < 1.29 is 4.79 Å². The Labute approximate surface area is 96.0 Å². The summed E-state index contributed by atoms with van der Waals surface area (Å²) in [5, 5.41) is 6.92. The molecule has 0 spiro atoms. The number of hydrogen-bond acceptors (Lipinski definition) is 3. The molecule has 5 nitrogen and oxygen atoms in total. The van der Waals surface area contributed by atoms with E-state index in [1.807, 2.05) is 6.92 Å². The Morgan fingerprint density at radius 3 is 2.81 bits per heavy atom. The van der Waals surface area contributed by atoms with Gasteiger partial charge in [0.15, 0.2) is 5.69 Å². The Hall–Kier alpha value is -1.52. The number of nitrogens with one attached hydrogen (secondary N) is 1. The molecule has 3 N–H and O–H groups in total.